The highest BCUT2D eigenvalue weighted by molar-refractivity contribution is 9.10. The number of anilines is 1. The number of nitrogens with one attached hydrogen (secondary N) is 2. The second kappa shape index (κ2) is 9.97. The second-order valence-electron chi connectivity index (χ2n) is 6.65. The molecule has 0 saturated carbocycles. The van der Waals surface area contributed by atoms with Crippen LogP contribution < -0.4 is 25.0 Å². The van der Waals surface area contributed by atoms with Crippen molar-refractivity contribution in [1.82, 2.24) is 5.43 Å². The SMILES string of the molecule is O=C(COc1ccccc1C(=O)N/N=C/c1ccc2c(c1)OCO2)Nc1ccc(Br)cc1. The fourth-order valence-corrected chi connectivity index (χ4v) is 3.14. The Balaban J connectivity index is 1.34. The van der Waals surface area contributed by atoms with Crippen LogP contribution in [-0.4, -0.2) is 31.4 Å². The second-order valence-corrected chi connectivity index (χ2v) is 7.57. The van der Waals surface area contributed by atoms with Crippen LogP contribution in [0.5, 0.6) is 17.2 Å². The van der Waals surface area contributed by atoms with Crippen LogP contribution in [0.4, 0.5) is 5.69 Å². The molecule has 9 heteroatoms. The van der Waals surface area contributed by atoms with Crippen molar-refractivity contribution >= 4 is 39.6 Å². The van der Waals surface area contributed by atoms with E-state index in [1.807, 2.05) is 12.1 Å². The molecule has 0 unspecified atom stereocenters. The third-order valence-electron chi connectivity index (χ3n) is 4.39. The third kappa shape index (κ3) is 5.44. The Morgan fingerprint density at radius 2 is 1.81 bits per heavy atom. The summed E-state index contributed by atoms with van der Waals surface area (Å²) in [4.78, 5) is 24.7. The van der Waals surface area contributed by atoms with E-state index >= 15 is 0 Å². The Labute approximate surface area is 192 Å². The number of carbonyl (C=O) groups is 2. The molecule has 0 aromatic heterocycles. The minimum Gasteiger partial charge on any atom is -0.483 e. The van der Waals surface area contributed by atoms with E-state index in [9.17, 15) is 9.59 Å². The zero-order valence-corrected chi connectivity index (χ0v) is 18.3. The zero-order chi connectivity index (χ0) is 22.3. The summed E-state index contributed by atoms with van der Waals surface area (Å²) in [5, 5.41) is 6.71. The fourth-order valence-electron chi connectivity index (χ4n) is 2.87. The summed E-state index contributed by atoms with van der Waals surface area (Å²) in [5.41, 5.74) is 4.10. The number of amides is 2. The maximum absolute atomic E-state index is 12.6. The molecular formula is C23H18BrN3O5. The molecular weight excluding hydrogens is 478 g/mol. The van der Waals surface area contributed by atoms with Crippen LogP contribution >= 0.6 is 15.9 Å². The van der Waals surface area contributed by atoms with Gasteiger partial charge in [0.1, 0.15) is 5.75 Å². The number of halogens is 1. The molecule has 8 nitrogen and oxygen atoms in total. The average Bonchev–Trinajstić information content (AvgIpc) is 3.27. The van der Waals surface area contributed by atoms with Gasteiger partial charge in [-0.05, 0) is 60.2 Å². The molecule has 1 heterocycles. The van der Waals surface area contributed by atoms with Crippen molar-refractivity contribution < 1.29 is 23.8 Å². The number of hydrazone groups is 1. The predicted octanol–water partition coefficient (Wildman–Crippen LogP) is 3.96. The molecule has 3 aromatic carbocycles. The van der Waals surface area contributed by atoms with E-state index in [4.69, 9.17) is 14.2 Å². The summed E-state index contributed by atoms with van der Waals surface area (Å²) in [5.74, 6) is 0.755. The lowest BCUT2D eigenvalue weighted by Crippen LogP contribution is -2.22. The van der Waals surface area contributed by atoms with E-state index in [1.54, 1.807) is 54.6 Å². The number of hydrogen-bond acceptors (Lipinski definition) is 6. The van der Waals surface area contributed by atoms with Gasteiger partial charge in [0.2, 0.25) is 6.79 Å². The summed E-state index contributed by atoms with van der Waals surface area (Å²) in [7, 11) is 0. The number of benzene rings is 3. The Morgan fingerprint density at radius 3 is 2.66 bits per heavy atom. The lowest BCUT2D eigenvalue weighted by atomic mass is 10.2. The molecule has 1 aliphatic rings. The quantitative estimate of drug-likeness (QED) is 0.381. The molecule has 2 amide bonds. The highest BCUT2D eigenvalue weighted by atomic mass is 79.9. The molecule has 32 heavy (non-hydrogen) atoms. The van der Waals surface area contributed by atoms with Gasteiger partial charge in [-0.1, -0.05) is 28.1 Å². The van der Waals surface area contributed by atoms with E-state index in [0.717, 1.165) is 10.0 Å². The van der Waals surface area contributed by atoms with E-state index in [1.165, 1.54) is 6.21 Å². The van der Waals surface area contributed by atoms with Crippen molar-refractivity contribution in [3.05, 3.63) is 82.3 Å². The Bertz CT molecular complexity index is 1160. The largest absolute Gasteiger partial charge is 0.483 e. The van der Waals surface area contributed by atoms with Gasteiger partial charge >= 0.3 is 0 Å². The molecule has 0 atom stereocenters. The number of hydrogen-bond donors (Lipinski definition) is 2. The van der Waals surface area contributed by atoms with E-state index in [2.05, 4.69) is 31.8 Å². The van der Waals surface area contributed by atoms with Gasteiger partial charge in [0, 0.05) is 10.2 Å². The first kappa shape index (κ1) is 21.4. The van der Waals surface area contributed by atoms with Crippen molar-refractivity contribution in [1.29, 1.82) is 0 Å². The molecule has 0 fully saturated rings. The maximum atomic E-state index is 12.6. The van der Waals surface area contributed by atoms with Crippen LogP contribution in [0.3, 0.4) is 0 Å². The number of ether oxygens (including phenoxy) is 3. The molecule has 0 saturated heterocycles. The van der Waals surface area contributed by atoms with Crippen molar-refractivity contribution in [3.63, 3.8) is 0 Å². The summed E-state index contributed by atoms with van der Waals surface area (Å²) >= 11 is 3.34. The normalized spacial score (nSPS) is 11.9. The highest BCUT2D eigenvalue weighted by Gasteiger charge is 2.14. The molecule has 162 valence electrons. The number of fused-ring (bicyclic) bond motifs is 1. The Hall–Kier alpha value is -3.85. The lowest BCUT2D eigenvalue weighted by Gasteiger charge is -2.11. The van der Waals surface area contributed by atoms with Crippen LogP contribution in [0.25, 0.3) is 0 Å². The van der Waals surface area contributed by atoms with Gasteiger partial charge in [-0.25, -0.2) is 5.43 Å². The Morgan fingerprint density at radius 1 is 1.03 bits per heavy atom. The predicted molar refractivity (Wildman–Crippen MR) is 122 cm³/mol. The maximum Gasteiger partial charge on any atom is 0.275 e. The molecule has 0 bridgehead atoms. The number of rotatable bonds is 7. The van der Waals surface area contributed by atoms with Gasteiger partial charge in [-0.2, -0.15) is 5.10 Å². The van der Waals surface area contributed by atoms with E-state index in [0.29, 0.717) is 17.2 Å². The molecule has 0 aliphatic carbocycles. The van der Waals surface area contributed by atoms with E-state index in [-0.39, 0.29) is 30.6 Å². The van der Waals surface area contributed by atoms with Crippen LogP contribution in [0, 0.1) is 0 Å². The number of nitrogens with zero attached hydrogens (tertiary/aromatic N) is 1. The first-order valence-corrected chi connectivity index (χ1v) is 10.4. The van der Waals surface area contributed by atoms with Crippen LogP contribution in [0.1, 0.15) is 15.9 Å². The molecule has 2 N–H and O–H groups in total. The van der Waals surface area contributed by atoms with Crippen molar-refractivity contribution in [2.24, 2.45) is 5.10 Å². The van der Waals surface area contributed by atoms with Crippen LogP contribution in [0.15, 0.2) is 76.3 Å². The first-order valence-electron chi connectivity index (χ1n) is 9.59. The standard InChI is InChI=1S/C23H18BrN3O5/c24-16-6-8-17(9-7-16)26-22(28)13-30-19-4-2-1-3-18(19)23(29)27-25-12-15-5-10-20-21(11-15)32-14-31-20/h1-12H,13-14H2,(H,26,28)(H,27,29)/b25-12+. The number of carbonyl (C=O) groups excluding carboxylic acids is 2. The fraction of sp³-hybridized carbons (Fsp3) is 0.0870. The van der Waals surface area contributed by atoms with Gasteiger partial charge in [-0.3, -0.25) is 9.59 Å². The summed E-state index contributed by atoms with van der Waals surface area (Å²) in [6.07, 6.45) is 1.50. The molecule has 3 aromatic rings. The number of para-hydroxylation sites is 1. The topological polar surface area (TPSA) is 98.3 Å². The Kier molecular flexibility index (Phi) is 6.66. The third-order valence-corrected chi connectivity index (χ3v) is 4.92. The van der Waals surface area contributed by atoms with Gasteiger partial charge in [0.15, 0.2) is 18.1 Å². The van der Waals surface area contributed by atoms with Crippen LogP contribution in [0.2, 0.25) is 0 Å². The summed E-state index contributed by atoms with van der Waals surface area (Å²) in [6.45, 7) is -0.0641. The molecule has 0 spiro atoms. The van der Waals surface area contributed by atoms with E-state index < -0.39 is 5.91 Å². The molecule has 0 radical (unpaired) electrons. The van der Waals surface area contributed by atoms with Crippen molar-refractivity contribution in [2.45, 2.75) is 0 Å². The first-order chi connectivity index (χ1) is 15.6. The van der Waals surface area contributed by atoms with Gasteiger partial charge < -0.3 is 19.5 Å². The smallest absolute Gasteiger partial charge is 0.275 e. The van der Waals surface area contributed by atoms with Gasteiger partial charge in [-0.15, -0.1) is 0 Å². The molecule has 4 rings (SSSR count). The monoisotopic (exact) mass is 495 g/mol. The highest BCUT2D eigenvalue weighted by Crippen LogP contribution is 2.32. The average molecular weight is 496 g/mol. The van der Waals surface area contributed by atoms with Crippen LogP contribution in [-0.2, 0) is 4.79 Å². The minimum atomic E-state index is -0.467. The summed E-state index contributed by atoms with van der Waals surface area (Å²) < 4.78 is 17.1. The lowest BCUT2D eigenvalue weighted by molar-refractivity contribution is -0.118. The minimum absolute atomic E-state index is 0.185. The zero-order valence-electron chi connectivity index (χ0n) is 16.7. The summed E-state index contributed by atoms with van der Waals surface area (Å²) in [6, 6.07) is 19.1. The van der Waals surface area contributed by atoms with Gasteiger partial charge in [0.05, 0.1) is 11.8 Å². The van der Waals surface area contributed by atoms with Crippen molar-refractivity contribution in [3.8, 4) is 17.2 Å². The molecule has 1 aliphatic heterocycles. The van der Waals surface area contributed by atoms with Gasteiger partial charge in [0.25, 0.3) is 11.8 Å². The van der Waals surface area contributed by atoms with Crippen molar-refractivity contribution in [2.75, 3.05) is 18.7 Å².